The molecule has 3 radical (unpaired) electrons. The Labute approximate surface area is 77.1 Å². The first-order valence-corrected chi connectivity index (χ1v) is 0. The van der Waals surface area contributed by atoms with E-state index >= 15 is 0 Å². The van der Waals surface area contributed by atoms with Gasteiger partial charge in [-0.1, -0.05) is 0 Å². The van der Waals surface area contributed by atoms with Gasteiger partial charge in [0.1, 0.15) is 0 Å². The molecule has 0 amide bonds. The van der Waals surface area contributed by atoms with E-state index in [1.54, 1.807) is 0 Å². The van der Waals surface area contributed by atoms with Crippen LogP contribution < -0.4 is 0 Å². The zero-order valence-corrected chi connectivity index (χ0v) is 5.66. The van der Waals surface area contributed by atoms with Crippen LogP contribution in [0.25, 0.3) is 0 Å². The van der Waals surface area contributed by atoms with Crippen LogP contribution >= 0.6 is 0 Å². The van der Waals surface area contributed by atoms with E-state index in [-0.39, 0.29) is 77.9 Å². The van der Waals surface area contributed by atoms with Gasteiger partial charge in [0.25, 0.3) is 0 Å². The monoisotopic (exact) mass is 157 g/mol. The molecular weight excluding hydrogens is 153 g/mol. The molecule has 0 saturated heterocycles. The number of hydrogen-bond donors (Lipinski definition) is 0. The van der Waals surface area contributed by atoms with Crippen LogP contribution in [0.1, 0.15) is 2.85 Å². The summed E-state index contributed by atoms with van der Waals surface area (Å²) in [6, 6.07) is 0. The van der Waals surface area contributed by atoms with Crippen molar-refractivity contribution in [2.45, 2.75) is 0 Å². The summed E-state index contributed by atoms with van der Waals surface area (Å²) >= 11 is 0. The molecule has 0 fully saturated rings. The van der Waals surface area contributed by atoms with E-state index in [9.17, 15) is 0 Å². The van der Waals surface area contributed by atoms with Gasteiger partial charge in [-0.05, 0) is 0 Å². The summed E-state index contributed by atoms with van der Waals surface area (Å²) in [6.07, 6.45) is 0. The zero-order chi connectivity index (χ0) is 0. The first kappa shape index (κ1) is 34.1. The molecule has 0 heterocycles. The molecule has 0 aromatic heterocycles. The third kappa shape index (κ3) is 8.87. The van der Waals surface area contributed by atoms with Crippen molar-refractivity contribution in [2.24, 2.45) is 0 Å². The molecule has 0 aromatic rings. The van der Waals surface area contributed by atoms with Gasteiger partial charge >= 0.3 is 23.1 Å². The normalized spacial score (nSPS) is 0. The van der Waals surface area contributed by atoms with Crippen molar-refractivity contribution in [1.82, 2.24) is 0 Å². The fourth-order valence-corrected chi connectivity index (χ4v) is 0. The summed E-state index contributed by atoms with van der Waals surface area (Å²) in [4.78, 5) is 0. The quantitative estimate of drug-likeness (QED) is 0.368. The Balaban J connectivity index is 0. The van der Waals surface area contributed by atoms with E-state index in [1.807, 2.05) is 0 Å². The Bertz CT molecular complexity index is 13.5. The van der Waals surface area contributed by atoms with Crippen molar-refractivity contribution < 1.29 is 29.1 Å². The summed E-state index contributed by atoms with van der Waals surface area (Å²) in [5.74, 6) is 0. The molecule has 0 aliphatic carbocycles. The molecule has 0 aliphatic rings. The molecular formula is H5AlBMgZr. The maximum atomic E-state index is 0. The minimum Gasteiger partial charge on any atom is -1.00 e. The predicted octanol–water partition coefficient (Wildman–Crippen LogP) is -1.72. The van der Waals surface area contributed by atoms with Gasteiger partial charge in [0, 0.05) is 34.6 Å². The van der Waals surface area contributed by atoms with Crippen molar-refractivity contribution in [3.05, 3.63) is 0 Å². The fraction of sp³-hybridized carbons (Fsp3) is 0. The summed E-state index contributed by atoms with van der Waals surface area (Å²) in [5, 5.41) is 0. The van der Waals surface area contributed by atoms with E-state index < -0.39 is 0 Å². The predicted molar refractivity (Wildman–Crippen MR) is 23.7 cm³/mol. The molecule has 0 bridgehead atoms. The van der Waals surface area contributed by atoms with Gasteiger partial charge in [-0.3, -0.25) is 0 Å². The average molecular weight is 158 g/mol. The van der Waals surface area contributed by atoms with Crippen molar-refractivity contribution in [3.8, 4) is 0 Å². The Morgan fingerprint density at radius 3 is 1.25 bits per heavy atom. The second-order valence-electron chi connectivity index (χ2n) is 0. The first-order valence-electron chi connectivity index (χ1n) is 0. The molecule has 0 N–H and O–H groups in total. The molecule has 0 nitrogen and oxygen atoms in total. The summed E-state index contributed by atoms with van der Waals surface area (Å²) in [7, 11) is 0. The van der Waals surface area contributed by atoms with E-state index in [4.69, 9.17) is 0 Å². The molecule has 0 aliphatic heterocycles. The van der Waals surface area contributed by atoms with Gasteiger partial charge in [-0.15, -0.1) is 0 Å². The summed E-state index contributed by atoms with van der Waals surface area (Å²) in [6.45, 7) is 0. The molecule has 4 heavy (non-hydrogen) atoms. The molecule has 0 aromatic carbocycles. The van der Waals surface area contributed by atoms with Crippen molar-refractivity contribution in [1.29, 1.82) is 0 Å². The Hall–Kier alpha value is 2.25. The van der Waals surface area contributed by atoms with E-state index in [0.29, 0.717) is 0 Å². The second-order valence-corrected chi connectivity index (χ2v) is 0. The minimum absolute atomic E-state index is 0. The maximum Gasteiger partial charge on any atom is 2.00 e. The summed E-state index contributed by atoms with van der Waals surface area (Å²) < 4.78 is 0. The topological polar surface area (TPSA) is 0 Å². The van der Waals surface area contributed by atoms with Crippen LogP contribution in [0, 0.1) is 0 Å². The van der Waals surface area contributed by atoms with Crippen LogP contribution in [0.3, 0.4) is 0 Å². The summed E-state index contributed by atoms with van der Waals surface area (Å²) in [5.41, 5.74) is 0. The van der Waals surface area contributed by atoms with Gasteiger partial charge in [0.2, 0.25) is 0 Å². The molecule has 4 heteroatoms. The average Bonchev–Trinajstić information content (AvgIpc) is 0. The molecule has 0 saturated carbocycles. The van der Waals surface area contributed by atoms with Crippen LogP contribution in [0.15, 0.2) is 0 Å². The standard InChI is InChI=1S/Al.B.Mg.Zr.5H/q;;+2;;;;;2*-1. The molecule has 0 unspecified atom stereocenters. The van der Waals surface area contributed by atoms with E-state index in [1.165, 1.54) is 0 Å². The number of hydrogen-bond acceptors (Lipinski definition) is 0. The molecule has 0 spiro atoms. The maximum absolute atomic E-state index is 0. The van der Waals surface area contributed by atoms with Crippen LogP contribution in [-0.4, -0.2) is 48.8 Å². The SMILES string of the molecule is [AlH3].[B].[H-].[H-].[Mg+2].[Zr]. The van der Waals surface area contributed by atoms with Gasteiger partial charge in [-0.25, -0.2) is 0 Å². The molecule has 17 valence electrons. The van der Waals surface area contributed by atoms with Gasteiger partial charge in [-0.2, -0.15) is 0 Å². The van der Waals surface area contributed by atoms with Crippen LogP contribution in [0.2, 0.25) is 0 Å². The van der Waals surface area contributed by atoms with Gasteiger partial charge < -0.3 is 2.85 Å². The van der Waals surface area contributed by atoms with E-state index in [2.05, 4.69) is 0 Å². The Morgan fingerprint density at radius 1 is 1.25 bits per heavy atom. The first-order chi connectivity index (χ1) is 0. The zero-order valence-electron chi connectivity index (χ0n) is 3.78. The van der Waals surface area contributed by atoms with Crippen molar-refractivity contribution in [3.63, 3.8) is 0 Å². The fourth-order valence-electron chi connectivity index (χ4n) is 0. The van der Waals surface area contributed by atoms with Gasteiger partial charge in [0.15, 0.2) is 17.4 Å². The Kier molecular flexibility index (Phi) is 160. The molecule has 0 atom stereocenters. The minimum atomic E-state index is 0. The largest absolute Gasteiger partial charge is 2.00 e. The van der Waals surface area contributed by atoms with Crippen molar-refractivity contribution in [2.75, 3.05) is 0 Å². The van der Waals surface area contributed by atoms with Crippen LogP contribution in [0.5, 0.6) is 0 Å². The van der Waals surface area contributed by atoms with Crippen molar-refractivity contribution >= 4 is 48.8 Å². The smallest absolute Gasteiger partial charge is 1.00 e. The third-order valence-electron chi connectivity index (χ3n) is 0. The van der Waals surface area contributed by atoms with Crippen LogP contribution in [-0.2, 0) is 26.2 Å². The molecule has 0 rings (SSSR count). The van der Waals surface area contributed by atoms with Crippen LogP contribution in [0.4, 0.5) is 0 Å². The number of rotatable bonds is 0. The van der Waals surface area contributed by atoms with Gasteiger partial charge in [0.05, 0.1) is 0 Å². The third-order valence-corrected chi connectivity index (χ3v) is 0. The van der Waals surface area contributed by atoms with E-state index in [0.717, 1.165) is 0 Å². The second kappa shape index (κ2) is 18.7. The Morgan fingerprint density at radius 2 is 1.25 bits per heavy atom.